The normalized spacial score (nSPS) is 34.4. The second kappa shape index (κ2) is 3.54. The summed E-state index contributed by atoms with van der Waals surface area (Å²) in [6.45, 7) is 6.76. The van der Waals surface area contributed by atoms with Crippen LogP contribution in [0, 0.1) is 5.41 Å². The molecule has 80 valence electrons. The minimum absolute atomic E-state index is 0.325. The van der Waals surface area contributed by atoms with E-state index in [1.165, 1.54) is 19.5 Å². The maximum Gasteiger partial charge on any atom is 0.222 e. The zero-order valence-corrected chi connectivity index (χ0v) is 9.25. The molecule has 0 aromatic carbocycles. The molecule has 2 fully saturated rings. The standard InChI is InChI=1S/C11H20N2O/c1-3-13-7-6-11(9-13)5-4-10(14)12(2)8-11/h3-9H2,1-2H3. The second-order valence-corrected chi connectivity index (χ2v) is 4.87. The van der Waals surface area contributed by atoms with Crippen LogP contribution in [0.25, 0.3) is 0 Å². The Bertz CT molecular complexity index is 241. The van der Waals surface area contributed by atoms with Crippen LogP contribution in [0.3, 0.4) is 0 Å². The molecular weight excluding hydrogens is 176 g/mol. The van der Waals surface area contributed by atoms with Crippen molar-refractivity contribution in [2.45, 2.75) is 26.2 Å². The largest absolute Gasteiger partial charge is 0.345 e. The summed E-state index contributed by atoms with van der Waals surface area (Å²) in [4.78, 5) is 15.8. The van der Waals surface area contributed by atoms with Crippen molar-refractivity contribution >= 4 is 5.91 Å². The van der Waals surface area contributed by atoms with Gasteiger partial charge >= 0.3 is 0 Å². The number of amides is 1. The molecule has 0 aliphatic carbocycles. The van der Waals surface area contributed by atoms with Gasteiger partial charge in [0, 0.05) is 32.0 Å². The Kier molecular flexibility index (Phi) is 2.52. The van der Waals surface area contributed by atoms with Crippen molar-refractivity contribution in [3.8, 4) is 0 Å². The SMILES string of the molecule is CCN1CCC2(CCC(=O)N(C)C2)C1. The van der Waals surface area contributed by atoms with Gasteiger partial charge in [-0.1, -0.05) is 6.92 Å². The number of carbonyl (C=O) groups excluding carboxylic acids is 1. The number of hydrogen-bond donors (Lipinski definition) is 0. The van der Waals surface area contributed by atoms with E-state index in [9.17, 15) is 4.79 Å². The smallest absolute Gasteiger partial charge is 0.222 e. The van der Waals surface area contributed by atoms with Crippen LogP contribution in [0.2, 0.25) is 0 Å². The first-order chi connectivity index (χ1) is 6.65. The molecule has 2 aliphatic rings. The summed E-state index contributed by atoms with van der Waals surface area (Å²) in [5.41, 5.74) is 0.429. The summed E-state index contributed by atoms with van der Waals surface area (Å²) < 4.78 is 0. The fourth-order valence-corrected chi connectivity index (χ4v) is 2.86. The molecule has 3 heteroatoms. The molecule has 2 heterocycles. The van der Waals surface area contributed by atoms with E-state index in [1.807, 2.05) is 11.9 Å². The van der Waals surface area contributed by atoms with Gasteiger partial charge in [0.2, 0.25) is 5.91 Å². The van der Waals surface area contributed by atoms with Crippen molar-refractivity contribution in [1.82, 2.24) is 9.80 Å². The third-order valence-corrected chi connectivity index (χ3v) is 3.83. The highest BCUT2D eigenvalue weighted by atomic mass is 16.2. The molecule has 1 amide bonds. The average molecular weight is 196 g/mol. The van der Waals surface area contributed by atoms with Crippen molar-refractivity contribution in [2.24, 2.45) is 5.41 Å². The number of likely N-dealkylation sites (tertiary alicyclic amines) is 2. The predicted octanol–water partition coefficient (Wildman–Crippen LogP) is 0.951. The summed E-state index contributed by atoms with van der Waals surface area (Å²) in [5.74, 6) is 0.325. The van der Waals surface area contributed by atoms with Gasteiger partial charge in [-0.3, -0.25) is 4.79 Å². The monoisotopic (exact) mass is 196 g/mol. The molecule has 1 unspecified atom stereocenters. The molecule has 2 aliphatic heterocycles. The minimum atomic E-state index is 0.325. The van der Waals surface area contributed by atoms with Gasteiger partial charge in [-0.25, -0.2) is 0 Å². The second-order valence-electron chi connectivity index (χ2n) is 4.87. The van der Waals surface area contributed by atoms with Gasteiger partial charge in [0.05, 0.1) is 0 Å². The van der Waals surface area contributed by atoms with E-state index < -0.39 is 0 Å². The zero-order chi connectivity index (χ0) is 10.2. The Morgan fingerprint density at radius 1 is 1.36 bits per heavy atom. The minimum Gasteiger partial charge on any atom is -0.345 e. The van der Waals surface area contributed by atoms with Gasteiger partial charge < -0.3 is 9.80 Å². The molecule has 0 aromatic rings. The van der Waals surface area contributed by atoms with Crippen LogP contribution in [-0.4, -0.2) is 48.9 Å². The molecule has 0 saturated carbocycles. The summed E-state index contributed by atoms with van der Waals surface area (Å²) in [7, 11) is 1.94. The lowest BCUT2D eigenvalue weighted by molar-refractivity contribution is -0.135. The summed E-state index contributed by atoms with van der Waals surface area (Å²) >= 11 is 0. The number of nitrogens with zero attached hydrogens (tertiary/aromatic N) is 2. The maximum atomic E-state index is 11.4. The molecule has 0 aromatic heterocycles. The van der Waals surface area contributed by atoms with E-state index in [2.05, 4.69) is 11.8 Å². The lowest BCUT2D eigenvalue weighted by atomic mass is 9.79. The topological polar surface area (TPSA) is 23.6 Å². The molecule has 0 radical (unpaired) electrons. The lowest BCUT2D eigenvalue weighted by Gasteiger charge is -2.38. The van der Waals surface area contributed by atoms with Crippen LogP contribution in [0.4, 0.5) is 0 Å². The van der Waals surface area contributed by atoms with Gasteiger partial charge in [0.25, 0.3) is 0 Å². The van der Waals surface area contributed by atoms with Gasteiger partial charge in [-0.2, -0.15) is 0 Å². The fraction of sp³-hybridized carbons (Fsp3) is 0.909. The van der Waals surface area contributed by atoms with E-state index in [4.69, 9.17) is 0 Å². The molecule has 1 spiro atoms. The first-order valence-corrected chi connectivity index (χ1v) is 5.61. The molecular formula is C11H20N2O. The summed E-state index contributed by atoms with van der Waals surface area (Å²) in [5, 5.41) is 0. The summed E-state index contributed by atoms with van der Waals surface area (Å²) in [6, 6.07) is 0. The third kappa shape index (κ3) is 1.65. The number of hydrogen-bond acceptors (Lipinski definition) is 2. The van der Waals surface area contributed by atoms with E-state index in [0.717, 1.165) is 25.9 Å². The van der Waals surface area contributed by atoms with Crippen molar-refractivity contribution in [3.63, 3.8) is 0 Å². The van der Waals surface area contributed by atoms with Crippen LogP contribution in [0.5, 0.6) is 0 Å². The number of piperidine rings is 1. The molecule has 2 saturated heterocycles. The Hall–Kier alpha value is -0.570. The van der Waals surface area contributed by atoms with E-state index >= 15 is 0 Å². The quantitative estimate of drug-likeness (QED) is 0.623. The van der Waals surface area contributed by atoms with E-state index in [-0.39, 0.29) is 0 Å². The highest BCUT2D eigenvalue weighted by Crippen LogP contribution is 2.38. The van der Waals surface area contributed by atoms with Gasteiger partial charge in [0.15, 0.2) is 0 Å². The van der Waals surface area contributed by atoms with Crippen LogP contribution in [-0.2, 0) is 4.79 Å². The zero-order valence-electron chi connectivity index (χ0n) is 9.25. The van der Waals surface area contributed by atoms with Gasteiger partial charge in [-0.05, 0) is 25.9 Å². The highest BCUT2D eigenvalue weighted by Gasteiger charge is 2.41. The van der Waals surface area contributed by atoms with Crippen LogP contribution in [0.15, 0.2) is 0 Å². The lowest BCUT2D eigenvalue weighted by Crippen LogP contribution is -2.45. The van der Waals surface area contributed by atoms with Crippen molar-refractivity contribution in [1.29, 1.82) is 0 Å². The maximum absolute atomic E-state index is 11.4. The van der Waals surface area contributed by atoms with Crippen LogP contribution in [0.1, 0.15) is 26.2 Å². The van der Waals surface area contributed by atoms with E-state index in [0.29, 0.717) is 11.3 Å². The predicted molar refractivity (Wildman–Crippen MR) is 56.0 cm³/mol. The molecule has 0 bridgehead atoms. The first kappa shape index (κ1) is 9.97. The van der Waals surface area contributed by atoms with Crippen LogP contribution < -0.4 is 0 Å². The molecule has 1 atom stereocenters. The highest BCUT2D eigenvalue weighted by molar-refractivity contribution is 5.76. The van der Waals surface area contributed by atoms with Crippen molar-refractivity contribution in [3.05, 3.63) is 0 Å². The Morgan fingerprint density at radius 3 is 2.71 bits per heavy atom. The Morgan fingerprint density at radius 2 is 2.14 bits per heavy atom. The van der Waals surface area contributed by atoms with Crippen LogP contribution >= 0.6 is 0 Å². The summed E-state index contributed by atoms with van der Waals surface area (Å²) in [6.07, 6.45) is 3.14. The molecule has 2 rings (SSSR count). The fourth-order valence-electron chi connectivity index (χ4n) is 2.86. The van der Waals surface area contributed by atoms with Crippen molar-refractivity contribution < 1.29 is 4.79 Å². The first-order valence-electron chi connectivity index (χ1n) is 5.61. The molecule has 14 heavy (non-hydrogen) atoms. The van der Waals surface area contributed by atoms with E-state index in [1.54, 1.807) is 0 Å². The molecule has 0 N–H and O–H groups in total. The molecule has 3 nitrogen and oxygen atoms in total. The van der Waals surface area contributed by atoms with Gasteiger partial charge in [-0.15, -0.1) is 0 Å². The average Bonchev–Trinajstić information content (AvgIpc) is 2.56. The van der Waals surface area contributed by atoms with Crippen molar-refractivity contribution in [2.75, 3.05) is 33.2 Å². The number of carbonyl (C=O) groups is 1. The number of rotatable bonds is 1. The van der Waals surface area contributed by atoms with Gasteiger partial charge in [0.1, 0.15) is 0 Å². The Balaban J connectivity index is 2.01. The third-order valence-electron chi connectivity index (χ3n) is 3.83. The Labute approximate surface area is 86.1 Å².